The first-order chi connectivity index (χ1) is 16.0. The number of benzene rings is 1. The molecule has 1 aliphatic carbocycles. The van der Waals surface area contributed by atoms with Crippen molar-refractivity contribution in [2.75, 3.05) is 38.2 Å². The van der Waals surface area contributed by atoms with Crippen molar-refractivity contribution in [1.82, 2.24) is 14.9 Å². The van der Waals surface area contributed by atoms with Gasteiger partial charge in [-0.05, 0) is 42.9 Å². The number of nitrogens with one attached hydrogen (secondary N) is 1. The molecule has 0 spiro atoms. The van der Waals surface area contributed by atoms with E-state index in [4.69, 9.17) is 9.72 Å². The highest BCUT2D eigenvalue weighted by molar-refractivity contribution is 7.18. The van der Waals surface area contributed by atoms with Crippen LogP contribution in [0, 0.1) is 5.92 Å². The maximum absolute atomic E-state index is 12.8. The van der Waals surface area contributed by atoms with E-state index < -0.39 is 0 Å². The Labute approximate surface area is 197 Å². The van der Waals surface area contributed by atoms with Crippen LogP contribution in [0.5, 0.6) is 5.75 Å². The zero-order valence-electron chi connectivity index (χ0n) is 19.2. The topological polar surface area (TPSA) is 78.5 Å². The Kier molecular flexibility index (Phi) is 6.10. The number of anilines is 1. The van der Waals surface area contributed by atoms with Crippen molar-refractivity contribution in [3.63, 3.8) is 0 Å². The fourth-order valence-corrected chi connectivity index (χ4v) is 6.32. The monoisotopic (exact) mass is 466 g/mol. The zero-order chi connectivity index (χ0) is 22.9. The number of ether oxygens (including phenoxy) is 1. The molecular formula is C25H30N4O3S. The van der Waals surface area contributed by atoms with Gasteiger partial charge in [0.2, 0.25) is 5.91 Å². The molecular weight excluding hydrogens is 436 g/mol. The third-order valence-electron chi connectivity index (χ3n) is 6.84. The highest BCUT2D eigenvalue weighted by Gasteiger charge is 2.24. The van der Waals surface area contributed by atoms with E-state index in [0.29, 0.717) is 37.7 Å². The predicted molar refractivity (Wildman–Crippen MR) is 132 cm³/mol. The number of fused-ring (bicyclic) bond motifs is 3. The van der Waals surface area contributed by atoms with Crippen molar-refractivity contribution in [2.24, 2.45) is 5.92 Å². The van der Waals surface area contributed by atoms with Gasteiger partial charge in [-0.25, -0.2) is 4.98 Å². The molecule has 5 rings (SSSR count). The van der Waals surface area contributed by atoms with Crippen molar-refractivity contribution >= 4 is 33.1 Å². The number of hydrogen-bond donors (Lipinski definition) is 1. The number of H-pyrrole nitrogens is 1. The van der Waals surface area contributed by atoms with Gasteiger partial charge >= 0.3 is 0 Å². The summed E-state index contributed by atoms with van der Waals surface area (Å²) in [5.74, 6) is 2.22. The molecule has 2 aromatic heterocycles. The van der Waals surface area contributed by atoms with Gasteiger partial charge < -0.3 is 19.5 Å². The van der Waals surface area contributed by atoms with E-state index in [1.807, 2.05) is 23.1 Å². The Morgan fingerprint density at radius 1 is 1.27 bits per heavy atom. The van der Waals surface area contributed by atoms with Gasteiger partial charge in [0.15, 0.2) is 0 Å². The van der Waals surface area contributed by atoms with E-state index in [1.165, 1.54) is 10.4 Å². The number of carbonyl (C=O) groups is 1. The van der Waals surface area contributed by atoms with Crippen LogP contribution in [0.3, 0.4) is 0 Å². The Hall–Kier alpha value is -2.87. The summed E-state index contributed by atoms with van der Waals surface area (Å²) in [5.41, 5.74) is 2.25. The summed E-state index contributed by atoms with van der Waals surface area (Å²) in [4.78, 5) is 39.6. The van der Waals surface area contributed by atoms with Crippen LogP contribution in [0.15, 0.2) is 29.1 Å². The van der Waals surface area contributed by atoms with Crippen molar-refractivity contribution in [1.29, 1.82) is 0 Å². The smallest absolute Gasteiger partial charge is 0.259 e. The number of aromatic amines is 1. The first-order valence-corrected chi connectivity index (χ1v) is 12.5. The summed E-state index contributed by atoms with van der Waals surface area (Å²) in [6.07, 6.45) is 3.93. The first kappa shape index (κ1) is 21.9. The molecule has 1 saturated heterocycles. The van der Waals surface area contributed by atoms with E-state index >= 15 is 0 Å². The molecule has 174 valence electrons. The van der Waals surface area contributed by atoms with Gasteiger partial charge in [-0.2, -0.15) is 0 Å². The summed E-state index contributed by atoms with van der Waals surface area (Å²) < 4.78 is 5.32. The molecule has 1 fully saturated rings. The number of aryl methyl sites for hydroxylation is 2. The van der Waals surface area contributed by atoms with Crippen molar-refractivity contribution in [3.05, 3.63) is 50.9 Å². The fourth-order valence-electron chi connectivity index (χ4n) is 4.92. The SMILES string of the molecule is COc1cccc(N2CCN(C(=O)CCc3nc4sc5c(c4c(=O)[nH]3)CC[C@@H](C)C5)CC2)c1. The molecule has 1 aliphatic heterocycles. The van der Waals surface area contributed by atoms with Gasteiger partial charge in [0, 0.05) is 55.7 Å². The maximum atomic E-state index is 12.8. The number of amides is 1. The summed E-state index contributed by atoms with van der Waals surface area (Å²) in [6.45, 7) is 5.22. The molecule has 33 heavy (non-hydrogen) atoms. The van der Waals surface area contributed by atoms with Crippen LogP contribution in [0.25, 0.3) is 10.2 Å². The highest BCUT2D eigenvalue weighted by atomic mass is 32.1. The highest BCUT2D eigenvalue weighted by Crippen LogP contribution is 2.35. The average Bonchev–Trinajstić information content (AvgIpc) is 3.20. The molecule has 1 aromatic carbocycles. The number of methoxy groups -OCH3 is 1. The lowest BCUT2D eigenvalue weighted by molar-refractivity contribution is -0.131. The molecule has 0 saturated carbocycles. The number of thiophene rings is 1. The number of nitrogens with zero attached hydrogens (tertiary/aromatic N) is 3. The van der Waals surface area contributed by atoms with Gasteiger partial charge in [-0.3, -0.25) is 9.59 Å². The van der Waals surface area contributed by atoms with Crippen LogP contribution in [0.2, 0.25) is 0 Å². The van der Waals surface area contributed by atoms with Crippen LogP contribution >= 0.6 is 11.3 Å². The van der Waals surface area contributed by atoms with Crippen LogP contribution in [0.4, 0.5) is 5.69 Å². The van der Waals surface area contributed by atoms with Crippen molar-refractivity contribution in [2.45, 2.75) is 39.0 Å². The predicted octanol–water partition coefficient (Wildman–Crippen LogP) is 3.40. The Balaban J connectivity index is 1.20. The molecule has 7 nitrogen and oxygen atoms in total. The normalized spacial score (nSPS) is 18.4. The van der Waals surface area contributed by atoms with Crippen LogP contribution in [0.1, 0.15) is 36.0 Å². The van der Waals surface area contributed by atoms with Crippen molar-refractivity contribution < 1.29 is 9.53 Å². The molecule has 0 bridgehead atoms. The number of hydrogen-bond acceptors (Lipinski definition) is 6. The molecule has 8 heteroatoms. The number of aromatic nitrogens is 2. The average molecular weight is 467 g/mol. The summed E-state index contributed by atoms with van der Waals surface area (Å²) in [5, 5.41) is 0.769. The lowest BCUT2D eigenvalue weighted by Gasteiger charge is -2.36. The summed E-state index contributed by atoms with van der Waals surface area (Å²) in [6, 6.07) is 8.02. The number of rotatable bonds is 5. The first-order valence-electron chi connectivity index (χ1n) is 11.7. The Bertz CT molecular complexity index is 1230. The minimum absolute atomic E-state index is 0.0543. The molecule has 0 unspecified atom stereocenters. The number of carbonyl (C=O) groups excluding carboxylic acids is 1. The molecule has 3 aromatic rings. The molecule has 1 N–H and O–H groups in total. The standard InChI is InChI=1S/C25H30N4O3S/c1-16-6-7-19-20(14-16)33-25-23(19)24(31)26-21(27-25)8-9-22(30)29-12-10-28(11-13-29)17-4-3-5-18(15-17)32-2/h3-5,15-16H,6-14H2,1-2H3,(H,26,27,31)/t16-/m1/s1. The molecule has 0 radical (unpaired) electrons. The second-order valence-electron chi connectivity index (χ2n) is 9.11. The minimum atomic E-state index is -0.0543. The second kappa shape index (κ2) is 9.17. The van der Waals surface area contributed by atoms with E-state index in [0.717, 1.165) is 54.0 Å². The third kappa shape index (κ3) is 4.49. The molecule has 1 atom stereocenters. The van der Waals surface area contributed by atoms with Gasteiger partial charge in [-0.1, -0.05) is 13.0 Å². The summed E-state index contributed by atoms with van der Waals surface area (Å²) in [7, 11) is 1.67. The van der Waals surface area contributed by atoms with Gasteiger partial charge in [-0.15, -0.1) is 11.3 Å². The van der Waals surface area contributed by atoms with Crippen LogP contribution < -0.4 is 15.2 Å². The lowest BCUT2D eigenvalue weighted by atomic mass is 9.89. The Morgan fingerprint density at radius 2 is 2.09 bits per heavy atom. The van der Waals surface area contributed by atoms with Crippen LogP contribution in [-0.2, 0) is 24.1 Å². The maximum Gasteiger partial charge on any atom is 0.259 e. The summed E-state index contributed by atoms with van der Waals surface area (Å²) >= 11 is 1.65. The second-order valence-corrected chi connectivity index (χ2v) is 10.2. The molecule has 3 heterocycles. The zero-order valence-corrected chi connectivity index (χ0v) is 20.0. The third-order valence-corrected chi connectivity index (χ3v) is 7.99. The molecule has 2 aliphatic rings. The minimum Gasteiger partial charge on any atom is -0.497 e. The van der Waals surface area contributed by atoms with Crippen molar-refractivity contribution in [3.8, 4) is 5.75 Å². The lowest BCUT2D eigenvalue weighted by Crippen LogP contribution is -2.48. The van der Waals surface area contributed by atoms with E-state index in [-0.39, 0.29) is 11.5 Å². The van der Waals surface area contributed by atoms with Gasteiger partial charge in [0.05, 0.1) is 12.5 Å². The largest absolute Gasteiger partial charge is 0.497 e. The van der Waals surface area contributed by atoms with Gasteiger partial charge in [0.1, 0.15) is 16.4 Å². The molecule has 1 amide bonds. The van der Waals surface area contributed by atoms with Gasteiger partial charge in [0.25, 0.3) is 5.56 Å². The van der Waals surface area contributed by atoms with Crippen LogP contribution in [-0.4, -0.2) is 54.1 Å². The van der Waals surface area contributed by atoms with E-state index in [1.54, 1.807) is 18.4 Å². The Morgan fingerprint density at radius 3 is 2.88 bits per heavy atom. The van der Waals surface area contributed by atoms with E-state index in [9.17, 15) is 9.59 Å². The van der Waals surface area contributed by atoms with E-state index in [2.05, 4.69) is 22.9 Å². The number of piperazine rings is 1. The quantitative estimate of drug-likeness (QED) is 0.624. The fraction of sp³-hybridized carbons (Fsp3) is 0.480.